The zero-order valence-electron chi connectivity index (χ0n) is 34.1. The van der Waals surface area contributed by atoms with E-state index in [0.717, 1.165) is 0 Å². The molecule has 13 nitrogen and oxygen atoms in total. The molecule has 0 saturated heterocycles. The predicted octanol–water partition coefficient (Wildman–Crippen LogP) is 6.11. The third kappa shape index (κ3) is 7.93. The second-order valence-corrected chi connectivity index (χ2v) is 16.3. The monoisotopic (exact) mass is 822 g/mol. The van der Waals surface area contributed by atoms with Gasteiger partial charge in [-0.25, -0.2) is 0 Å². The van der Waals surface area contributed by atoms with Gasteiger partial charge in [-0.3, -0.25) is 58.0 Å². The summed E-state index contributed by atoms with van der Waals surface area (Å²) in [5, 5.41) is 0. The van der Waals surface area contributed by atoms with E-state index in [2.05, 4.69) is 0 Å². The minimum Gasteiger partial charge on any atom is -0.324 e. The molecule has 13 heteroatoms. The van der Waals surface area contributed by atoms with Crippen LogP contribution in [0.25, 0.3) is 0 Å². The summed E-state index contributed by atoms with van der Waals surface area (Å²) in [6.07, 6.45) is 5.03. The van der Waals surface area contributed by atoms with E-state index in [1.165, 1.54) is 19.6 Å². The number of imide groups is 4. The van der Waals surface area contributed by atoms with Gasteiger partial charge in [0, 0.05) is 26.2 Å². The summed E-state index contributed by atoms with van der Waals surface area (Å²) in [7, 11) is 0. The summed E-state index contributed by atoms with van der Waals surface area (Å²) in [6.45, 7) is 3.84. The molecule has 0 saturated carbocycles. The van der Waals surface area contributed by atoms with Crippen molar-refractivity contribution in [2.24, 2.45) is 0 Å². The van der Waals surface area contributed by atoms with Crippen molar-refractivity contribution < 1.29 is 42.8 Å². The van der Waals surface area contributed by atoms with Gasteiger partial charge < -0.3 is 4.48 Å². The standard InChI is InChI=1S/C48H48N5O8/c54-41-33-17-1-2-18-34(33)42(55)49(41)25-9-13-29-53(30-14-10-26-50-43(56)35-19-3-4-20-36(35)44(50)57,31-15-11-27-51-45(58)37-21-5-6-22-38(37)46(51)59)32-16-12-28-52-47(60)39-23-7-8-24-40(39)48(52)61/h1-8,17-24H,9-16,25-32H2/q+1. The molecule has 0 N–H and O–H groups in total. The third-order valence-electron chi connectivity index (χ3n) is 12.6. The first-order valence-corrected chi connectivity index (χ1v) is 21.3. The first kappa shape index (κ1) is 41.1. The van der Waals surface area contributed by atoms with Gasteiger partial charge in [0.15, 0.2) is 0 Å². The fourth-order valence-corrected chi connectivity index (χ4v) is 9.31. The van der Waals surface area contributed by atoms with Crippen molar-refractivity contribution in [3.8, 4) is 0 Å². The molecule has 0 bridgehead atoms. The molecule has 312 valence electrons. The molecule has 0 radical (unpaired) electrons. The Morgan fingerprint density at radius 2 is 0.426 bits per heavy atom. The lowest BCUT2D eigenvalue weighted by Gasteiger charge is -2.40. The van der Waals surface area contributed by atoms with Crippen molar-refractivity contribution in [1.82, 2.24) is 19.6 Å². The van der Waals surface area contributed by atoms with Crippen molar-refractivity contribution >= 4 is 47.3 Å². The number of unbranched alkanes of at least 4 members (excludes halogenated alkanes) is 4. The highest BCUT2D eigenvalue weighted by molar-refractivity contribution is 6.23. The Balaban J connectivity index is 0.957. The van der Waals surface area contributed by atoms with Gasteiger partial charge in [-0.15, -0.1) is 0 Å². The number of fused-ring (bicyclic) bond motifs is 4. The Labute approximate surface area is 354 Å². The lowest BCUT2D eigenvalue weighted by atomic mass is 10.1. The number of hydrogen-bond acceptors (Lipinski definition) is 8. The first-order valence-electron chi connectivity index (χ1n) is 21.3. The van der Waals surface area contributed by atoms with E-state index in [0.29, 0.717) is 127 Å². The SMILES string of the molecule is O=C1c2ccccc2C(=O)N1CCCC[N+](CCCCN1C(=O)c2ccccc2C1=O)(CCCCN1C(=O)c2ccccc2C1=O)CCCCN1C(=O)c2ccccc2C1=O. The zero-order valence-corrected chi connectivity index (χ0v) is 34.1. The molecule has 0 aromatic heterocycles. The summed E-state index contributed by atoms with van der Waals surface area (Å²) < 4.78 is 0.620. The van der Waals surface area contributed by atoms with E-state index in [4.69, 9.17) is 0 Å². The van der Waals surface area contributed by atoms with Crippen LogP contribution in [0.5, 0.6) is 0 Å². The first-order chi connectivity index (χ1) is 29.6. The smallest absolute Gasteiger partial charge is 0.261 e. The molecular weight excluding hydrogens is 775 g/mol. The molecule has 4 aliphatic rings. The van der Waals surface area contributed by atoms with E-state index in [1.54, 1.807) is 97.1 Å². The number of nitrogens with zero attached hydrogens (tertiary/aromatic N) is 5. The highest BCUT2D eigenvalue weighted by Crippen LogP contribution is 2.28. The van der Waals surface area contributed by atoms with Crippen molar-refractivity contribution in [1.29, 1.82) is 0 Å². The van der Waals surface area contributed by atoms with Crippen molar-refractivity contribution in [2.75, 3.05) is 52.4 Å². The molecule has 0 aliphatic carbocycles. The number of quaternary nitrogens is 1. The number of carbonyl (C=O) groups is 8. The average Bonchev–Trinajstić information content (AvgIpc) is 3.87. The molecule has 0 fully saturated rings. The van der Waals surface area contributed by atoms with E-state index in [-0.39, 0.29) is 73.4 Å². The Bertz CT molecular complexity index is 1980. The van der Waals surface area contributed by atoms with Gasteiger partial charge in [0.2, 0.25) is 0 Å². The maximum absolute atomic E-state index is 13.1. The van der Waals surface area contributed by atoms with Crippen LogP contribution in [0.15, 0.2) is 97.1 Å². The van der Waals surface area contributed by atoms with Crippen LogP contribution in [0.1, 0.15) is 134 Å². The van der Waals surface area contributed by atoms with Crippen LogP contribution in [0.4, 0.5) is 0 Å². The number of amides is 8. The molecule has 61 heavy (non-hydrogen) atoms. The van der Waals surface area contributed by atoms with Crippen LogP contribution in [-0.2, 0) is 0 Å². The second kappa shape index (κ2) is 17.6. The predicted molar refractivity (Wildman–Crippen MR) is 224 cm³/mol. The van der Waals surface area contributed by atoms with Gasteiger partial charge >= 0.3 is 0 Å². The van der Waals surface area contributed by atoms with Crippen molar-refractivity contribution in [3.05, 3.63) is 142 Å². The molecule has 8 amide bonds. The lowest BCUT2D eigenvalue weighted by Crippen LogP contribution is -2.51. The number of hydrogen-bond donors (Lipinski definition) is 0. The normalized spacial score (nSPS) is 15.7. The van der Waals surface area contributed by atoms with Crippen LogP contribution in [0.2, 0.25) is 0 Å². The number of rotatable bonds is 20. The molecule has 0 spiro atoms. The van der Waals surface area contributed by atoms with E-state index < -0.39 is 0 Å². The molecule has 8 rings (SSSR count). The Kier molecular flexibility index (Phi) is 11.8. The summed E-state index contributed by atoms with van der Waals surface area (Å²) in [6, 6.07) is 27.3. The average molecular weight is 823 g/mol. The quantitative estimate of drug-likeness (QED) is 0.0589. The second-order valence-electron chi connectivity index (χ2n) is 16.3. The van der Waals surface area contributed by atoms with Crippen molar-refractivity contribution in [3.63, 3.8) is 0 Å². The Morgan fingerprint density at radius 1 is 0.262 bits per heavy atom. The van der Waals surface area contributed by atoms with Crippen LogP contribution >= 0.6 is 0 Å². The van der Waals surface area contributed by atoms with Crippen LogP contribution < -0.4 is 0 Å². The van der Waals surface area contributed by atoms with E-state index >= 15 is 0 Å². The highest BCUT2D eigenvalue weighted by Gasteiger charge is 2.39. The fourth-order valence-electron chi connectivity index (χ4n) is 9.31. The lowest BCUT2D eigenvalue weighted by molar-refractivity contribution is -0.929. The zero-order chi connectivity index (χ0) is 42.7. The summed E-state index contributed by atoms with van der Waals surface area (Å²) >= 11 is 0. The van der Waals surface area contributed by atoms with Gasteiger partial charge in [0.25, 0.3) is 47.3 Å². The van der Waals surface area contributed by atoms with Crippen molar-refractivity contribution in [2.45, 2.75) is 51.4 Å². The largest absolute Gasteiger partial charge is 0.324 e. The van der Waals surface area contributed by atoms with E-state index in [9.17, 15) is 38.4 Å². The Morgan fingerprint density at radius 3 is 0.590 bits per heavy atom. The van der Waals surface area contributed by atoms with E-state index in [1.807, 2.05) is 0 Å². The van der Waals surface area contributed by atoms with Gasteiger partial charge in [-0.2, -0.15) is 0 Å². The minimum absolute atomic E-state index is 0.269. The van der Waals surface area contributed by atoms with Gasteiger partial charge in [-0.05, 0) is 99.9 Å². The molecule has 4 aromatic rings. The molecule has 4 heterocycles. The number of carbonyl (C=O) groups excluding carboxylic acids is 8. The maximum atomic E-state index is 13.1. The summed E-state index contributed by atoms with van der Waals surface area (Å²) in [5.74, 6) is -2.36. The van der Waals surface area contributed by atoms with Gasteiger partial charge in [0.1, 0.15) is 0 Å². The molecule has 0 unspecified atom stereocenters. The molecule has 4 aliphatic heterocycles. The third-order valence-corrected chi connectivity index (χ3v) is 12.6. The van der Waals surface area contributed by atoms with Crippen LogP contribution in [0, 0.1) is 0 Å². The summed E-state index contributed by atoms with van der Waals surface area (Å²) in [5.41, 5.74) is 3.27. The highest BCUT2D eigenvalue weighted by atomic mass is 16.2. The molecule has 0 atom stereocenters. The van der Waals surface area contributed by atoms with Gasteiger partial charge in [0.05, 0.1) is 70.7 Å². The van der Waals surface area contributed by atoms with Crippen LogP contribution in [-0.4, -0.2) is 124 Å². The summed E-state index contributed by atoms with van der Waals surface area (Å²) in [4.78, 5) is 110. The fraction of sp³-hybridized carbons (Fsp3) is 0.333. The minimum atomic E-state index is -0.296. The topological polar surface area (TPSA) is 150 Å². The maximum Gasteiger partial charge on any atom is 0.261 e. The Hall–Kier alpha value is -6.60. The van der Waals surface area contributed by atoms with Gasteiger partial charge in [-0.1, -0.05) is 48.5 Å². The number of benzene rings is 4. The molecular formula is C48H48N5O8+. The molecule has 4 aromatic carbocycles. The van der Waals surface area contributed by atoms with Crippen LogP contribution in [0.3, 0.4) is 0 Å².